The lowest BCUT2D eigenvalue weighted by Gasteiger charge is -2.31. The van der Waals surface area contributed by atoms with Crippen LogP contribution in [-0.2, 0) is 9.84 Å². The first-order valence-electron chi connectivity index (χ1n) is 6.29. The number of fused-ring (bicyclic) bond motifs is 1. The average Bonchev–Trinajstić information content (AvgIpc) is 2.77. The predicted octanol–water partition coefficient (Wildman–Crippen LogP) is -0.285. The predicted molar refractivity (Wildman–Crippen MR) is 63.1 cm³/mol. The highest BCUT2D eigenvalue weighted by atomic mass is 32.2. The van der Waals surface area contributed by atoms with Crippen molar-refractivity contribution in [2.24, 2.45) is 11.8 Å². The zero-order chi connectivity index (χ0) is 11.2. The fourth-order valence-electron chi connectivity index (χ4n) is 3.43. The highest BCUT2D eigenvalue weighted by Crippen LogP contribution is 2.30. The molecular formula is C11H20N2O2S. The van der Waals surface area contributed by atoms with E-state index in [1.165, 1.54) is 13.1 Å². The number of hydrogen-bond acceptors (Lipinski definition) is 4. The van der Waals surface area contributed by atoms with Crippen LogP contribution in [0.1, 0.15) is 12.8 Å². The first-order chi connectivity index (χ1) is 7.64. The van der Waals surface area contributed by atoms with E-state index < -0.39 is 9.84 Å². The van der Waals surface area contributed by atoms with E-state index >= 15 is 0 Å². The average molecular weight is 244 g/mol. The van der Waals surface area contributed by atoms with Gasteiger partial charge in [0.1, 0.15) is 9.84 Å². The molecule has 3 rings (SSSR count). The summed E-state index contributed by atoms with van der Waals surface area (Å²) in [5.41, 5.74) is 0. The van der Waals surface area contributed by atoms with Crippen molar-refractivity contribution in [2.75, 3.05) is 37.7 Å². The Bertz CT molecular complexity index is 342. The molecule has 3 fully saturated rings. The molecule has 0 saturated carbocycles. The Labute approximate surface area is 97.3 Å². The number of likely N-dealkylation sites (tertiary alicyclic amines) is 1. The lowest BCUT2D eigenvalue weighted by atomic mass is 10.0. The summed E-state index contributed by atoms with van der Waals surface area (Å²) in [6.45, 7) is 4.68. The van der Waals surface area contributed by atoms with E-state index in [0.717, 1.165) is 37.8 Å². The van der Waals surface area contributed by atoms with Crippen molar-refractivity contribution in [3.63, 3.8) is 0 Å². The van der Waals surface area contributed by atoms with Crippen molar-refractivity contribution in [3.05, 3.63) is 0 Å². The Kier molecular flexibility index (Phi) is 2.72. The van der Waals surface area contributed by atoms with Crippen molar-refractivity contribution >= 4 is 9.84 Å². The molecule has 0 spiro atoms. The van der Waals surface area contributed by atoms with Crippen molar-refractivity contribution in [2.45, 2.75) is 18.9 Å². The van der Waals surface area contributed by atoms with Crippen LogP contribution < -0.4 is 5.32 Å². The van der Waals surface area contributed by atoms with Gasteiger partial charge in [-0.1, -0.05) is 0 Å². The Balaban J connectivity index is 1.60. The lowest BCUT2D eigenvalue weighted by Crippen LogP contribution is -2.41. The minimum atomic E-state index is -2.70. The second-order valence-corrected chi connectivity index (χ2v) is 7.82. The molecule has 0 bridgehead atoms. The molecule has 3 saturated heterocycles. The number of hydrogen-bond donors (Lipinski definition) is 1. The van der Waals surface area contributed by atoms with Gasteiger partial charge in [-0.15, -0.1) is 0 Å². The van der Waals surface area contributed by atoms with Gasteiger partial charge in [0.05, 0.1) is 11.5 Å². The fourth-order valence-corrected chi connectivity index (χ4v) is 4.90. The highest BCUT2D eigenvalue weighted by molar-refractivity contribution is 7.91. The van der Waals surface area contributed by atoms with Crippen molar-refractivity contribution in [1.82, 2.24) is 10.2 Å². The van der Waals surface area contributed by atoms with Crippen molar-refractivity contribution in [1.29, 1.82) is 0 Å². The van der Waals surface area contributed by atoms with Crippen LogP contribution in [0, 0.1) is 11.8 Å². The lowest BCUT2D eigenvalue weighted by molar-refractivity contribution is 0.211. The van der Waals surface area contributed by atoms with Crippen molar-refractivity contribution < 1.29 is 8.42 Å². The molecule has 3 aliphatic rings. The molecule has 0 aromatic heterocycles. The van der Waals surface area contributed by atoms with Crippen LogP contribution in [0.2, 0.25) is 0 Å². The van der Waals surface area contributed by atoms with Gasteiger partial charge in [-0.25, -0.2) is 8.42 Å². The second kappa shape index (κ2) is 3.96. The van der Waals surface area contributed by atoms with Gasteiger partial charge in [0, 0.05) is 19.1 Å². The molecule has 1 N–H and O–H groups in total. The molecule has 0 unspecified atom stereocenters. The zero-order valence-corrected chi connectivity index (χ0v) is 10.4. The summed E-state index contributed by atoms with van der Waals surface area (Å²) in [7, 11) is -2.70. The van der Waals surface area contributed by atoms with Crippen LogP contribution in [0.3, 0.4) is 0 Å². The van der Waals surface area contributed by atoms with Crippen LogP contribution in [0.15, 0.2) is 0 Å². The van der Waals surface area contributed by atoms with E-state index in [4.69, 9.17) is 0 Å². The smallest absolute Gasteiger partial charge is 0.150 e. The van der Waals surface area contributed by atoms with Gasteiger partial charge in [0.2, 0.25) is 0 Å². The minimum Gasteiger partial charge on any atom is -0.316 e. The standard InChI is InChI=1S/C11H20N2O2S/c14-16(15)3-1-11(2-4-16)13-7-9-5-12-6-10(9)8-13/h9-12H,1-8H2/t9-,10+. The molecule has 92 valence electrons. The van der Waals surface area contributed by atoms with Gasteiger partial charge in [-0.3, -0.25) is 4.90 Å². The first-order valence-corrected chi connectivity index (χ1v) is 8.11. The van der Waals surface area contributed by atoms with Gasteiger partial charge in [-0.2, -0.15) is 0 Å². The Hall–Kier alpha value is -0.130. The van der Waals surface area contributed by atoms with Crippen LogP contribution in [-0.4, -0.2) is 57.0 Å². The Morgan fingerprint density at radius 3 is 2.12 bits per heavy atom. The maximum atomic E-state index is 11.4. The van der Waals surface area contributed by atoms with Crippen LogP contribution in [0.25, 0.3) is 0 Å². The highest BCUT2D eigenvalue weighted by Gasteiger charge is 2.39. The van der Waals surface area contributed by atoms with Gasteiger partial charge in [-0.05, 0) is 37.8 Å². The molecule has 3 heterocycles. The number of nitrogens with zero attached hydrogens (tertiary/aromatic N) is 1. The molecule has 16 heavy (non-hydrogen) atoms. The number of nitrogens with one attached hydrogen (secondary N) is 1. The van der Waals surface area contributed by atoms with Crippen LogP contribution >= 0.6 is 0 Å². The van der Waals surface area contributed by atoms with Gasteiger partial charge < -0.3 is 5.32 Å². The number of rotatable bonds is 1. The quantitative estimate of drug-likeness (QED) is 0.689. The maximum absolute atomic E-state index is 11.4. The largest absolute Gasteiger partial charge is 0.316 e. The number of sulfone groups is 1. The summed E-state index contributed by atoms with van der Waals surface area (Å²) in [5.74, 6) is 2.45. The van der Waals surface area contributed by atoms with Crippen LogP contribution in [0.4, 0.5) is 0 Å². The molecule has 0 amide bonds. The summed E-state index contributed by atoms with van der Waals surface area (Å²) in [6, 6.07) is 0.536. The third-order valence-corrected chi connectivity index (χ3v) is 6.17. The molecule has 3 aliphatic heterocycles. The minimum absolute atomic E-state index is 0.405. The third-order valence-electron chi connectivity index (χ3n) is 4.46. The van der Waals surface area contributed by atoms with Gasteiger partial charge in [0.15, 0.2) is 0 Å². The van der Waals surface area contributed by atoms with E-state index in [2.05, 4.69) is 10.2 Å². The normalized spacial score (nSPS) is 40.0. The van der Waals surface area contributed by atoms with E-state index in [0.29, 0.717) is 17.5 Å². The van der Waals surface area contributed by atoms with E-state index in [9.17, 15) is 8.42 Å². The van der Waals surface area contributed by atoms with Crippen LogP contribution in [0.5, 0.6) is 0 Å². The molecule has 0 aromatic carbocycles. The molecule has 0 aliphatic carbocycles. The van der Waals surface area contributed by atoms with E-state index in [1.807, 2.05) is 0 Å². The van der Waals surface area contributed by atoms with Crippen molar-refractivity contribution in [3.8, 4) is 0 Å². The molecule has 4 nitrogen and oxygen atoms in total. The SMILES string of the molecule is O=S1(=O)CCC(N2C[C@H]3CNC[C@H]3C2)CC1. The summed E-state index contributed by atoms with van der Waals surface area (Å²) in [4.78, 5) is 2.55. The molecule has 5 heteroatoms. The van der Waals surface area contributed by atoms with E-state index in [-0.39, 0.29) is 0 Å². The Morgan fingerprint density at radius 2 is 1.56 bits per heavy atom. The zero-order valence-electron chi connectivity index (χ0n) is 9.56. The third kappa shape index (κ3) is 2.00. The molecule has 0 aromatic rings. The maximum Gasteiger partial charge on any atom is 0.150 e. The molecule has 2 atom stereocenters. The van der Waals surface area contributed by atoms with Gasteiger partial charge in [0.25, 0.3) is 0 Å². The summed E-state index contributed by atoms with van der Waals surface area (Å²) in [6.07, 6.45) is 1.71. The monoisotopic (exact) mass is 244 g/mol. The second-order valence-electron chi connectivity index (χ2n) is 5.52. The summed E-state index contributed by atoms with van der Waals surface area (Å²) < 4.78 is 22.8. The summed E-state index contributed by atoms with van der Waals surface area (Å²) >= 11 is 0. The molecular weight excluding hydrogens is 224 g/mol. The Morgan fingerprint density at radius 1 is 1.00 bits per heavy atom. The van der Waals surface area contributed by atoms with E-state index in [1.54, 1.807) is 0 Å². The fraction of sp³-hybridized carbons (Fsp3) is 1.00. The topological polar surface area (TPSA) is 49.4 Å². The molecule has 0 radical (unpaired) electrons. The first kappa shape index (κ1) is 11.0. The summed E-state index contributed by atoms with van der Waals surface area (Å²) in [5, 5.41) is 3.44. The van der Waals surface area contributed by atoms with Gasteiger partial charge >= 0.3 is 0 Å².